The number of rotatable bonds is 2. The van der Waals surface area contributed by atoms with Gasteiger partial charge >= 0.3 is 5.97 Å². The molecule has 0 spiro atoms. The van der Waals surface area contributed by atoms with Crippen LogP contribution in [0.15, 0.2) is 12.4 Å². The van der Waals surface area contributed by atoms with Gasteiger partial charge in [0.05, 0.1) is 5.56 Å². The van der Waals surface area contributed by atoms with E-state index < -0.39 is 5.97 Å². The number of aromatic carboxylic acids is 1. The van der Waals surface area contributed by atoms with Gasteiger partial charge in [-0.2, -0.15) is 0 Å². The maximum atomic E-state index is 10.6. The van der Waals surface area contributed by atoms with Crippen LogP contribution in [-0.4, -0.2) is 34.1 Å². The van der Waals surface area contributed by atoms with Gasteiger partial charge in [0.15, 0.2) is 0 Å². The zero-order valence-electron chi connectivity index (χ0n) is 8.39. The lowest BCUT2D eigenvalue weighted by Gasteiger charge is -2.26. The van der Waals surface area contributed by atoms with Gasteiger partial charge in [-0.25, -0.2) is 14.8 Å². The summed E-state index contributed by atoms with van der Waals surface area (Å²) in [7, 11) is 0. The summed E-state index contributed by atoms with van der Waals surface area (Å²) >= 11 is 0. The zero-order chi connectivity index (χ0) is 10.7. The number of carbonyl (C=O) groups is 1. The van der Waals surface area contributed by atoms with E-state index in [0.29, 0.717) is 5.95 Å². The second-order valence-corrected chi connectivity index (χ2v) is 3.62. The third-order valence-electron chi connectivity index (χ3n) is 2.52. The van der Waals surface area contributed by atoms with E-state index >= 15 is 0 Å². The first kappa shape index (κ1) is 9.89. The molecule has 5 heteroatoms. The summed E-state index contributed by atoms with van der Waals surface area (Å²) in [4.78, 5) is 20.8. The number of aromatic nitrogens is 2. The van der Waals surface area contributed by atoms with Gasteiger partial charge in [0.1, 0.15) is 0 Å². The molecule has 80 valence electrons. The highest BCUT2D eigenvalue weighted by Crippen LogP contribution is 2.14. The Labute approximate surface area is 87.8 Å². The predicted octanol–water partition coefficient (Wildman–Crippen LogP) is 1.17. The number of hydrogen-bond donors (Lipinski definition) is 1. The van der Waals surface area contributed by atoms with Crippen LogP contribution in [0.25, 0.3) is 0 Å². The molecule has 1 N–H and O–H groups in total. The molecule has 1 fully saturated rings. The third kappa shape index (κ3) is 2.23. The summed E-state index contributed by atoms with van der Waals surface area (Å²) in [6, 6.07) is 0. The standard InChI is InChI=1S/C10H13N3O2/c14-9(15)8-6-11-10(12-7-8)13-4-2-1-3-5-13/h6-7H,1-5H2,(H,14,15). The Morgan fingerprint density at radius 3 is 2.33 bits per heavy atom. The summed E-state index contributed by atoms with van der Waals surface area (Å²) < 4.78 is 0. The van der Waals surface area contributed by atoms with Crippen molar-refractivity contribution in [2.45, 2.75) is 19.3 Å². The number of piperidine rings is 1. The van der Waals surface area contributed by atoms with E-state index in [4.69, 9.17) is 5.11 Å². The van der Waals surface area contributed by atoms with Crippen LogP contribution in [0.5, 0.6) is 0 Å². The fourth-order valence-electron chi connectivity index (χ4n) is 1.69. The average molecular weight is 207 g/mol. The Kier molecular flexibility index (Phi) is 2.80. The Balaban J connectivity index is 2.11. The molecule has 15 heavy (non-hydrogen) atoms. The lowest BCUT2D eigenvalue weighted by molar-refractivity contribution is 0.0696. The van der Waals surface area contributed by atoms with E-state index in [-0.39, 0.29) is 5.56 Å². The van der Waals surface area contributed by atoms with E-state index in [1.165, 1.54) is 18.8 Å². The van der Waals surface area contributed by atoms with Crippen LogP contribution in [0.2, 0.25) is 0 Å². The van der Waals surface area contributed by atoms with Gasteiger partial charge in [-0.05, 0) is 19.3 Å². The highest BCUT2D eigenvalue weighted by molar-refractivity contribution is 5.86. The van der Waals surface area contributed by atoms with Crippen molar-refractivity contribution in [2.75, 3.05) is 18.0 Å². The van der Waals surface area contributed by atoms with Crippen LogP contribution in [0.4, 0.5) is 5.95 Å². The van der Waals surface area contributed by atoms with Crippen molar-refractivity contribution in [2.24, 2.45) is 0 Å². The first-order valence-electron chi connectivity index (χ1n) is 5.07. The van der Waals surface area contributed by atoms with Gasteiger partial charge in [-0.3, -0.25) is 0 Å². The monoisotopic (exact) mass is 207 g/mol. The van der Waals surface area contributed by atoms with Gasteiger partial charge < -0.3 is 10.0 Å². The SMILES string of the molecule is O=C(O)c1cnc(N2CCCCC2)nc1. The summed E-state index contributed by atoms with van der Waals surface area (Å²) in [5.74, 6) is -0.347. The molecule has 0 atom stereocenters. The summed E-state index contributed by atoms with van der Waals surface area (Å²) in [6.07, 6.45) is 6.29. The first-order chi connectivity index (χ1) is 7.27. The second-order valence-electron chi connectivity index (χ2n) is 3.62. The minimum absolute atomic E-state index is 0.135. The van der Waals surface area contributed by atoms with Gasteiger partial charge in [0.25, 0.3) is 0 Å². The van der Waals surface area contributed by atoms with Crippen LogP contribution in [-0.2, 0) is 0 Å². The van der Waals surface area contributed by atoms with Crippen LogP contribution in [0, 0.1) is 0 Å². The minimum Gasteiger partial charge on any atom is -0.478 e. The number of carboxylic acids is 1. The van der Waals surface area contributed by atoms with Crippen LogP contribution >= 0.6 is 0 Å². The van der Waals surface area contributed by atoms with Gasteiger partial charge in [-0.1, -0.05) is 0 Å². The largest absolute Gasteiger partial charge is 0.478 e. The fourth-order valence-corrected chi connectivity index (χ4v) is 1.69. The molecule has 1 aliphatic heterocycles. The lowest BCUT2D eigenvalue weighted by atomic mass is 10.1. The van der Waals surface area contributed by atoms with Crippen molar-refractivity contribution in [3.8, 4) is 0 Å². The third-order valence-corrected chi connectivity index (χ3v) is 2.52. The molecule has 1 aromatic rings. The van der Waals surface area contributed by atoms with Crippen molar-refractivity contribution in [3.63, 3.8) is 0 Å². The van der Waals surface area contributed by atoms with Crippen molar-refractivity contribution in [1.29, 1.82) is 0 Å². The maximum absolute atomic E-state index is 10.6. The average Bonchev–Trinajstić information content (AvgIpc) is 2.30. The molecular formula is C10H13N3O2. The van der Waals surface area contributed by atoms with Crippen molar-refractivity contribution < 1.29 is 9.90 Å². The number of carboxylic acid groups (broad SMARTS) is 1. The van der Waals surface area contributed by atoms with Gasteiger partial charge in [0, 0.05) is 25.5 Å². The smallest absolute Gasteiger partial charge is 0.338 e. The predicted molar refractivity (Wildman–Crippen MR) is 55.1 cm³/mol. The zero-order valence-corrected chi connectivity index (χ0v) is 8.39. The van der Waals surface area contributed by atoms with Crippen molar-refractivity contribution in [1.82, 2.24) is 9.97 Å². The van der Waals surface area contributed by atoms with Gasteiger partial charge in [0.2, 0.25) is 5.95 Å². The number of nitrogens with zero attached hydrogens (tertiary/aromatic N) is 3. The molecular weight excluding hydrogens is 194 g/mol. The molecule has 0 bridgehead atoms. The highest BCUT2D eigenvalue weighted by atomic mass is 16.4. The highest BCUT2D eigenvalue weighted by Gasteiger charge is 2.13. The normalized spacial score (nSPS) is 16.4. The topological polar surface area (TPSA) is 66.3 Å². The van der Waals surface area contributed by atoms with Crippen molar-refractivity contribution in [3.05, 3.63) is 18.0 Å². The summed E-state index contributed by atoms with van der Waals surface area (Å²) in [5.41, 5.74) is 0.135. The molecule has 0 amide bonds. The molecule has 0 aliphatic carbocycles. The van der Waals surface area contributed by atoms with Crippen LogP contribution < -0.4 is 4.90 Å². The Morgan fingerprint density at radius 2 is 1.80 bits per heavy atom. The number of anilines is 1. The van der Waals surface area contributed by atoms with E-state index in [9.17, 15) is 4.79 Å². The molecule has 2 rings (SSSR count). The molecule has 2 heterocycles. The van der Waals surface area contributed by atoms with Crippen LogP contribution in [0.3, 0.4) is 0 Å². The van der Waals surface area contributed by atoms with E-state index in [1.54, 1.807) is 0 Å². The Bertz CT molecular complexity index is 344. The second kappa shape index (κ2) is 4.25. The first-order valence-corrected chi connectivity index (χ1v) is 5.07. The molecule has 1 aromatic heterocycles. The van der Waals surface area contributed by atoms with E-state index in [0.717, 1.165) is 25.9 Å². The molecule has 0 radical (unpaired) electrons. The quantitative estimate of drug-likeness (QED) is 0.788. The molecule has 1 saturated heterocycles. The molecule has 5 nitrogen and oxygen atoms in total. The molecule has 0 unspecified atom stereocenters. The Morgan fingerprint density at radius 1 is 1.20 bits per heavy atom. The fraction of sp³-hybridized carbons (Fsp3) is 0.500. The van der Waals surface area contributed by atoms with Crippen LogP contribution in [0.1, 0.15) is 29.6 Å². The summed E-state index contributed by atoms with van der Waals surface area (Å²) in [6.45, 7) is 1.93. The lowest BCUT2D eigenvalue weighted by Crippen LogP contribution is -2.31. The van der Waals surface area contributed by atoms with E-state index in [2.05, 4.69) is 14.9 Å². The summed E-state index contributed by atoms with van der Waals surface area (Å²) in [5, 5.41) is 8.69. The molecule has 0 saturated carbocycles. The minimum atomic E-state index is -0.986. The van der Waals surface area contributed by atoms with Gasteiger partial charge in [-0.15, -0.1) is 0 Å². The number of hydrogen-bond acceptors (Lipinski definition) is 4. The molecule has 0 aromatic carbocycles. The Hall–Kier alpha value is -1.65. The molecule has 1 aliphatic rings. The van der Waals surface area contributed by atoms with Crippen molar-refractivity contribution >= 4 is 11.9 Å². The maximum Gasteiger partial charge on any atom is 0.338 e. The van der Waals surface area contributed by atoms with E-state index in [1.807, 2.05) is 0 Å².